The maximum absolute atomic E-state index is 6.20. The van der Waals surface area contributed by atoms with E-state index in [1.165, 1.54) is 11.1 Å². The number of allylic oxidation sites excluding steroid dienone is 1. The summed E-state index contributed by atoms with van der Waals surface area (Å²) in [5.74, 6) is 2.05. The van der Waals surface area contributed by atoms with E-state index in [-0.39, 0.29) is 27.1 Å². The van der Waals surface area contributed by atoms with Crippen LogP contribution in [0.25, 0.3) is 5.57 Å². The van der Waals surface area contributed by atoms with Crippen LogP contribution in [-0.2, 0) is 21.1 Å². The van der Waals surface area contributed by atoms with E-state index in [1.54, 1.807) is 5.01 Å². The van der Waals surface area contributed by atoms with Gasteiger partial charge in [0.05, 0.1) is 5.57 Å². The number of hydrogen-bond donors (Lipinski definition) is 0. The Hall–Kier alpha value is -4.02. The van der Waals surface area contributed by atoms with Crippen molar-refractivity contribution < 1.29 is 30.5 Å². The average molecular weight is 693 g/mol. The molecule has 0 spiro atoms. The number of amidine groups is 1. The van der Waals surface area contributed by atoms with Crippen molar-refractivity contribution in [2.24, 2.45) is 10.2 Å². The number of nitrogens with zero attached hydrogens (tertiary/aromatic N) is 5. The minimum atomic E-state index is 0. The van der Waals surface area contributed by atoms with Crippen LogP contribution in [0.15, 0.2) is 113 Å². The Labute approximate surface area is 243 Å². The topological polar surface area (TPSA) is 43.4 Å². The summed E-state index contributed by atoms with van der Waals surface area (Å²) in [6, 6.07) is 39.0. The van der Waals surface area contributed by atoms with E-state index >= 15 is 0 Å². The molecular weight excluding hydrogens is 665 g/mol. The molecule has 0 fully saturated rings. The van der Waals surface area contributed by atoms with Crippen LogP contribution in [0.5, 0.6) is 11.5 Å². The summed E-state index contributed by atoms with van der Waals surface area (Å²) < 4.78 is 8.19. The van der Waals surface area contributed by atoms with Gasteiger partial charge in [0.15, 0.2) is 0 Å². The first-order valence-corrected chi connectivity index (χ1v) is 12.6. The van der Waals surface area contributed by atoms with Crippen LogP contribution in [0.1, 0.15) is 25.0 Å². The van der Waals surface area contributed by atoms with Crippen molar-refractivity contribution in [3.63, 3.8) is 0 Å². The van der Waals surface area contributed by atoms with Gasteiger partial charge < -0.3 is 14.6 Å². The maximum Gasteiger partial charge on any atom is 0.207 e. The van der Waals surface area contributed by atoms with Gasteiger partial charge in [0.2, 0.25) is 6.04 Å². The zero-order valence-corrected chi connectivity index (χ0v) is 24.1. The smallest absolute Gasteiger partial charge is 0.207 e. The maximum atomic E-state index is 6.20. The third-order valence-electron chi connectivity index (χ3n) is 6.59. The molecule has 6 nitrogen and oxygen atoms in total. The van der Waals surface area contributed by atoms with E-state index in [4.69, 9.17) is 15.0 Å². The molecule has 39 heavy (non-hydrogen) atoms. The van der Waals surface area contributed by atoms with Crippen molar-refractivity contribution in [2.45, 2.75) is 19.9 Å². The molecule has 0 saturated carbocycles. The van der Waals surface area contributed by atoms with E-state index in [1.807, 2.05) is 96.1 Å². The van der Waals surface area contributed by atoms with Crippen molar-refractivity contribution >= 4 is 22.8 Å². The van der Waals surface area contributed by atoms with Gasteiger partial charge in [-0.2, -0.15) is 17.2 Å². The van der Waals surface area contributed by atoms with Crippen molar-refractivity contribution in [3.05, 3.63) is 133 Å². The predicted molar refractivity (Wildman–Crippen MR) is 149 cm³/mol. The molecule has 2 heterocycles. The van der Waals surface area contributed by atoms with Gasteiger partial charge in [0.25, 0.3) is 0 Å². The van der Waals surface area contributed by atoms with Gasteiger partial charge in [-0.3, -0.25) is 0 Å². The van der Waals surface area contributed by atoms with Gasteiger partial charge >= 0.3 is 0 Å². The number of rotatable bonds is 6. The monoisotopic (exact) mass is 692 g/mol. The van der Waals surface area contributed by atoms with Crippen molar-refractivity contribution in [1.29, 1.82) is 0 Å². The van der Waals surface area contributed by atoms with Crippen LogP contribution in [0.4, 0.5) is 11.4 Å². The van der Waals surface area contributed by atoms with Crippen LogP contribution >= 0.6 is 0 Å². The first kappa shape index (κ1) is 26.6. The van der Waals surface area contributed by atoms with E-state index in [2.05, 4.69) is 50.2 Å². The van der Waals surface area contributed by atoms with Gasteiger partial charge in [-0.15, -0.1) is 35.6 Å². The summed E-state index contributed by atoms with van der Waals surface area (Å²) in [4.78, 5) is 1.99. The molecule has 0 bridgehead atoms. The summed E-state index contributed by atoms with van der Waals surface area (Å²) in [5, 5.41) is 11.4. The molecule has 4 aromatic rings. The fourth-order valence-corrected chi connectivity index (χ4v) is 4.82. The minimum Gasteiger partial charge on any atom is -0.509 e. The molecular formula is C32H27N5OPt-2. The molecule has 0 aliphatic carbocycles. The Morgan fingerprint density at radius 2 is 1.46 bits per heavy atom. The Morgan fingerprint density at radius 3 is 2.18 bits per heavy atom. The fourth-order valence-electron chi connectivity index (χ4n) is 4.82. The molecule has 0 aromatic heterocycles. The summed E-state index contributed by atoms with van der Waals surface area (Å²) in [6.45, 7) is 6.15. The van der Waals surface area contributed by atoms with E-state index < -0.39 is 0 Å². The standard InChI is InChI=1S/C32H27N5O.Pt/c1-23-31(25-12-6-4-7-13-25)24(2)37(33-23)28-17-11-19-30(21-28)38-29-18-10-16-27(20-29)36-22-35(3)32(34-36)26-14-8-5-9-15-26;/h4-19,22,24H,1-3H3;/q-2;. The Morgan fingerprint density at radius 1 is 0.821 bits per heavy atom. The number of benzene rings is 4. The quantitative estimate of drug-likeness (QED) is 0.158. The normalized spacial score (nSPS) is 16.6. The molecule has 6 rings (SSSR count). The molecule has 1 atom stereocenters. The second-order valence-corrected chi connectivity index (χ2v) is 9.25. The Kier molecular flexibility index (Phi) is 7.76. The second-order valence-electron chi connectivity index (χ2n) is 9.25. The number of hydrazone groups is 1. The number of azo groups is 2. The summed E-state index contributed by atoms with van der Waals surface area (Å²) >= 11 is 0. The number of hydrogen-bond acceptors (Lipinski definition) is 5. The largest absolute Gasteiger partial charge is 0.509 e. The Bertz CT molecular complexity index is 1570. The molecule has 1 unspecified atom stereocenters. The van der Waals surface area contributed by atoms with Crippen molar-refractivity contribution in [2.75, 3.05) is 12.1 Å². The van der Waals surface area contributed by atoms with Gasteiger partial charge in [-0.25, -0.2) is 0 Å². The van der Waals surface area contributed by atoms with Gasteiger partial charge in [0.1, 0.15) is 17.2 Å². The Balaban J connectivity index is 0.00000308. The van der Waals surface area contributed by atoms with Crippen LogP contribution in [0, 0.1) is 18.8 Å². The zero-order chi connectivity index (χ0) is 26.1. The molecule has 7 heteroatoms. The SMILES string of the molecule is CC1=C(c2ccccc2)C(C)[N+](c2[c-]c(Oc3[c-]c(N4[CH-]N(C)C(c5ccccc5)=N4)ccc3)ccc2)=N1.[Pt]. The van der Waals surface area contributed by atoms with Crippen LogP contribution in [0.3, 0.4) is 0 Å². The number of ether oxygens (including phenoxy) is 1. The molecule has 0 amide bonds. The van der Waals surface area contributed by atoms with E-state index in [0.717, 1.165) is 28.5 Å². The third kappa shape index (κ3) is 5.43. The van der Waals surface area contributed by atoms with E-state index in [0.29, 0.717) is 11.5 Å². The molecule has 0 radical (unpaired) electrons. The molecule has 2 aliphatic rings. The van der Waals surface area contributed by atoms with E-state index in [9.17, 15) is 0 Å². The van der Waals surface area contributed by atoms with Crippen LogP contribution in [-0.4, -0.2) is 28.5 Å². The van der Waals surface area contributed by atoms with Gasteiger partial charge in [-0.1, -0.05) is 78.5 Å². The van der Waals surface area contributed by atoms with Crippen molar-refractivity contribution in [3.8, 4) is 11.5 Å². The summed E-state index contributed by atoms with van der Waals surface area (Å²) in [6.07, 6.45) is 0. The summed E-state index contributed by atoms with van der Waals surface area (Å²) in [7, 11) is 1.98. The molecule has 4 aromatic carbocycles. The van der Waals surface area contributed by atoms with Crippen molar-refractivity contribution in [1.82, 2.24) is 4.90 Å². The zero-order valence-electron chi connectivity index (χ0n) is 21.9. The first-order valence-electron chi connectivity index (χ1n) is 12.6. The predicted octanol–water partition coefficient (Wildman–Crippen LogP) is 7.24. The van der Waals surface area contributed by atoms with Crippen LogP contribution < -0.4 is 9.75 Å². The first-order chi connectivity index (χ1) is 18.6. The molecule has 2 aliphatic heterocycles. The molecule has 0 saturated heterocycles. The number of anilines is 1. The van der Waals surface area contributed by atoms with Crippen LogP contribution in [0.2, 0.25) is 0 Å². The second kappa shape index (κ2) is 11.4. The van der Waals surface area contributed by atoms with Gasteiger partial charge in [0, 0.05) is 45.1 Å². The third-order valence-corrected chi connectivity index (χ3v) is 6.59. The molecule has 0 N–H and O–H groups in total. The minimum absolute atomic E-state index is 0. The summed E-state index contributed by atoms with van der Waals surface area (Å²) in [5.41, 5.74) is 6.09. The van der Waals surface area contributed by atoms with Gasteiger partial charge in [-0.05, 0) is 24.6 Å². The molecule has 198 valence electrons. The fraction of sp³-hybridized carbons (Fsp3) is 0.125. The average Bonchev–Trinajstić information content (AvgIpc) is 3.48.